The van der Waals surface area contributed by atoms with Crippen LogP contribution < -0.4 is 29.6 Å². The molecule has 0 bridgehead atoms. The van der Waals surface area contributed by atoms with E-state index in [4.69, 9.17) is 0 Å². The summed E-state index contributed by atoms with van der Waals surface area (Å²) in [4.78, 5) is 0. The minimum atomic E-state index is -4.02. The average molecular weight is 158 g/mol. The maximum atomic E-state index is 9.78. The van der Waals surface area contributed by atoms with Crippen LogP contribution in [0.4, 0.5) is 0 Å². The molecule has 0 rings (SSSR count). The monoisotopic (exact) mass is 158 g/mol. The first kappa shape index (κ1) is 12.3. The molecular weight excluding hydrogens is 151 g/mol. The van der Waals surface area contributed by atoms with Gasteiger partial charge in [0, 0.05) is 0 Å². The standard InChI is InChI=1S/C4H8O3S.Na/c1-2-3-4-8(5,6)7;/h2-3H,4H2,1H3,(H,5,6,7);/q;+1/p-1. The summed E-state index contributed by atoms with van der Waals surface area (Å²) < 4.78 is 29.4. The molecule has 0 saturated heterocycles. The van der Waals surface area contributed by atoms with E-state index in [9.17, 15) is 13.0 Å². The van der Waals surface area contributed by atoms with Gasteiger partial charge in [0.1, 0.15) is 0 Å². The van der Waals surface area contributed by atoms with Gasteiger partial charge in [-0.3, -0.25) is 0 Å². The summed E-state index contributed by atoms with van der Waals surface area (Å²) in [5.41, 5.74) is 0. The fraction of sp³-hybridized carbons (Fsp3) is 0.500. The zero-order valence-corrected chi connectivity index (χ0v) is 8.31. The summed E-state index contributed by atoms with van der Waals surface area (Å²) in [5.74, 6) is -0.399. The van der Waals surface area contributed by atoms with Crippen LogP contribution in [0, 0.1) is 0 Å². The van der Waals surface area contributed by atoms with Crippen molar-refractivity contribution in [3.05, 3.63) is 12.2 Å². The van der Waals surface area contributed by atoms with Crippen LogP contribution in [0.1, 0.15) is 6.92 Å². The summed E-state index contributed by atoms with van der Waals surface area (Å²) in [6, 6.07) is 0. The SMILES string of the molecule is CC=CCS(=O)(=O)[O-].[Na+]. The summed E-state index contributed by atoms with van der Waals surface area (Å²) in [6.45, 7) is 1.66. The molecule has 0 heterocycles. The smallest absolute Gasteiger partial charge is 0.748 e. The summed E-state index contributed by atoms with van der Waals surface area (Å²) >= 11 is 0. The third-order valence-electron chi connectivity index (χ3n) is 0.536. The van der Waals surface area contributed by atoms with Gasteiger partial charge < -0.3 is 4.55 Å². The molecule has 0 unspecified atom stereocenters. The van der Waals surface area contributed by atoms with Crippen LogP contribution in [0.15, 0.2) is 12.2 Å². The molecule has 0 spiro atoms. The first-order valence-electron chi connectivity index (χ1n) is 2.11. The van der Waals surface area contributed by atoms with Crippen molar-refractivity contribution >= 4 is 10.1 Å². The molecule has 0 N–H and O–H groups in total. The molecule has 0 radical (unpaired) electrons. The predicted molar refractivity (Wildman–Crippen MR) is 29.4 cm³/mol. The number of hydrogen-bond donors (Lipinski definition) is 0. The minimum absolute atomic E-state index is 0. The van der Waals surface area contributed by atoms with Gasteiger partial charge in [-0.05, 0) is 6.92 Å². The molecule has 0 aromatic heterocycles. The van der Waals surface area contributed by atoms with Crippen LogP contribution in [0.25, 0.3) is 0 Å². The largest absolute Gasteiger partial charge is 1.00 e. The third kappa shape index (κ3) is 12.0. The maximum absolute atomic E-state index is 9.78. The van der Waals surface area contributed by atoms with Crippen LogP contribution in [0.2, 0.25) is 0 Å². The quantitative estimate of drug-likeness (QED) is 0.246. The average Bonchev–Trinajstić information content (AvgIpc) is 1.59. The molecule has 0 atom stereocenters. The number of allylic oxidation sites excluding steroid dienone is 1. The van der Waals surface area contributed by atoms with Crippen molar-refractivity contribution in [3.8, 4) is 0 Å². The van der Waals surface area contributed by atoms with Crippen molar-refractivity contribution in [1.82, 2.24) is 0 Å². The Bertz CT molecular complexity index is 170. The van der Waals surface area contributed by atoms with E-state index in [1.165, 1.54) is 12.2 Å². The molecule has 0 aliphatic heterocycles. The van der Waals surface area contributed by atoms with Gasteiger partial charge in [0.2, 0.25) is 0 Å². The Morgan fingerprint density at radius 2 is 2.00 bits per heavy atom. The molecule has 5 heteroatoms. The van der Waals surface area contributed by atoms with Crippen molar-refractivity contribution < 1.29 is 42.5 Å². The molecule has 48 valence electrons. The van der Waals surface area contributed by atoms with E-state index in [-0.39, 0.29) is 29.6 Å². The second-order valence-corrected chi connectivity index (χ2v) is 2.74. The van der Waals surface area contributed by atoms with E-state index < -0.39 is 15.9 Å². The molecule has 0 saturated carbocycles. The fourth-order valence-corrected chi connectivity index (χ4v) is 0.642. The van der Waals surface area contributed by atoms with Crippen LogP contribution in [-0.2, 0) is 10.1 Å². The van der Waals surface area contributed by atoms with Crippen molar-refractivity contribution in [2.45, 2.75) is 6.92 Å². The third-order valence-corrected chi connectivity index (χ3v) is 1.14. The second-order valence-electron chi connectivity index (χ2n) is 1.29. The van der Waals surface area contributed by atoms with E-state index in [1.54, 1.807) is 6.92 Å². The van der Waals surface area contributed by atoms with Gasteiger partial charge in [-0.1, -0.05) is 12.2 Å². The minimum Gasteiger partial charge on any atom is -0.748 e. The molecule has 0 fully saturated rings. The van der Waals surface area contributed by atoms with E-state index in [0.29, 0.717) is 0 Å². The summed E-state index contributed by atoms with van der Waals surface area (Å²) in [5, 5.41) is 0. The molecule has 9 heavy (non-hydrogen) atoms. The van der Waals surface area contributed by atoms with E-state index in [2.05, 4.69) is 0 Å². The predicted octanol–water partition coefficient (Wildman–Crippen LogP) is -2.89. The fourth-order valence-electron chi connectivity index (χ4n) is 0.214. The Morgan fingerprint density at radius 1 is 1.56 bits per heavy atom. The van der Waals surface area contributed by atoms with Crippen LogP contribution in [0.5, 0.6) is 0 Å². The number of rotatable bonds is 2. The van der Waals surface area contributed by atoms with Gasteiger partial charge in [0.05, 0.1) is 15.9 Å². The zero-order valence-electron chi connectivity index (χ0n) is 5.49. The van der Waals surface area contributed by atoms with E-state index in [1.807, 2.05) is 0 Å². The van der Waals surface area contributed by atoms with Gasteiger partial charge in [0.15, 0.2) is 0 Å². The zero-order chi connectivity index (χ0) is 6.62. The van der Waals surface area contributed by atoms with Gasteiger partial charge in [0.25, 0.3) is 0 Å². The molecule has 0 aromatic rings. The van der Waals surface area contributed by atoms with Crippen LogP contribution >= 0.6 is 0 Å². The summed E-state index contributed by atoms with van der Waals surface area (Å²) in [7, 11) is -4.02. The molecule has 0 amide bonds. The Labute approximate surface area is 77.2 Å². The Morgan fingerprint density at radius 3 is 2.11 bits per heavy atom. The number of hydrogen-bond acceptors (Lipinski definition) is 3. The van der Waals surface area contributed by atoms with E-state index in [0.717, 1.165) is 0 Å². The molecular formula is C4H7NaO3S. The molecule has 0 aromatic carbocycles. The molecule has 3 nitrogen and oxygen atoms in total. The second kappa shape index (κ2) is 5.44. The Kier molecular flexibility index (Phi) is 7.45. The normalized spacial score (nSPS) is 11.3. The molecule has 0 aliphatic rings. The van der Waals surface area contributed by atoms with Crippen LogP contribution in [-0.4, -0.2) is 18.7 Å². The topological polar surface area (TPSA) is 57.2 Å². The van der Waals surface area contributed by atoms with Gasteiger partial charge in [-0.25, -0.2) is 8.42 Å². The van der Waals surface area contributed by atoms with Crippen molar-refractivity contribution in [2.24, 2.45) is 0 Å². The van der Waals surface area contributed by atoms with Crippen molar-refractivity contribution in [1.29, 1.82) is 0 Å². The Balaban J connectivity index is 0. The summed E-state index contributed by atoms with van der Waals surface area (Å²) in [6.07, 6.45) is 2.83. The van der Waals surface area contributed by atoms with Crippen molar-refractivity contribution in [2.75, 3.05) is 5.75 Å². The van der Waals surface area contributed by atoms with Crippen LogP contribution in [0.3, 0.4) is 0 Å². The van der Waals surface area contributed by atoms with Gasteiger partial charge >= 0.3 is 29.6 Å². The first-order chi connectivity index (χ1) is 3.56. The van der Waals surface area contributed by atoms with Gasteiger partial charge in [-0.2, -0.15) is 0 Å². The maximum Gasteiger partial charge on any atom is 1.00 e. The van der Waals surface area contributed by atoms with Crippen molar-refractivity contribution in [3.63, 3.8) is 0 Å². The Hall–Kier alpha value is 0.650. The molecule has 0 aliphatic carbocycles. The van der Waals surface area contributed by atoms with E-state index >= 15 is 0 Å². The van der Waals surface area contributed by atoms with Gasteiger partial charge in [-0.15, -0.1) is 0 Å². The first-order valence-corrected chi connectivity index (χ1v) is 3.68.